The third kappa shape index (κ3) is 2.14. The fourth-order valence-electron chi connectivity index (χ4n) is 1.98. The molecule has 2 rings (SSSR count). The number of hydrogen-bond acceptors (Lipinski definition) is 1. The average Bonchev–Trinajstić information content (AvgIpc) is 2.97. The molecule has 1 aliphatic carbocycles. The van der Waals surface area contributed by atoms with E-state index in [0.717, 1.165) is 0 Å². The number of benzene rings is 1. The van der Waals surface area contributed by atoms with Gasteiger partial charge in [0.05, 0.1) is 11.8 Å². The normalized spacial score (nSPS) is 17.8. The number of carbonyl (C=O) groups is 1. The van der Waals surface area contributed by atoms with Crippen molar-refractivity contribution in [1.29, 1.82) is 0 Å². The maximum atomic E-state index is 12.8. The summed E-state index contributed by atoms with van der Waals surface area (Å²) in [6.45, 7) is 0. The largest absolute Gasteiger partial charge is 0.481 e. The standard InChI is InChI=1S/C12H11F3O2/c13-12(14,15)11(5-6-11)9-3-1-8(2-4-9)7-10(16)17/h1-4H,5-7H2,(H,16,17). The lowest BCUT2D eigenvalue weighted by molar-refractivity contribution is -0.160. The Balaban J connectivity index is 2.22. The van der Waals surface area contributed by atoms with E-state index < -0.39 is 17.6 Å². The zero-order valence-corrected chi connectivity index (χ0v) is 8.92. The monoisotopic (exact) mass is 244 g/mol. The van der Waals surface area contributed by atoms with Crippen LogP contribution in [-0.4, -0.2) is 17.3 Å². The third-order valence-electron chi connectivity index (χ3n) is 3.15. The second kappa shape index (κ2) is 3.75. The fraction of sp³-hybridized carbons (Fsp3) is 0.417. The second-order valence-corrected chi connectivity index (χ2v) is 4.35. The van der Waals surface area contributed by atoms with Gasteiger partial charge in [-0.25, -0.2) is 0 Å². The minimum absolute atomic E-state index is 0.120. The highest BCUT2D eigenvalue weighted by molar-refractivity contribution is 5.70. The first-order valence-corrected chi connectivity index (χ1v) is 5.23. The molecule has 1 aliphatic rings. The number of carboxylic acid groups (broad SMARTS) is 1. The minimum atomic E-state index is -4.22. The molecule has 1 N–H and O–H groups in total. The molecule has 1 aromatic carbocycles. The van der Waals surface area contributed by atoms with Gasteiger partial charge in [0.2, 0.25) is 0 Å². The quantitative estimate of drug-likeness (QED) is 0.887. The molecular weight excluding hydrogens is 233 g/mol. The smallest absolute Gasteiger partial charge is 0.398 e. The SMILES string of the molecule is O=C(O)Cc1ccc(C2(C(F)(F)F)CC2)cc1. The summed E-state index contributed by atoms with van der Waals surface area (Å²) in [4.78, 5) is 10.4. The van der Waals surface area contributed by atoms with Crippen LogP contribution in [0.25, 0.3) is 0 Å². The molecule has 1 fully saturated rings. The number of aliphatic carboxylic acids is 1. The van der Waals surface area contributed by atoms with Crippen molar-refractivity contribution < 1.29 is 23.1 Å². The number of rotatable bonds is 3. The van der Waals surface area contributed by atoms with Crippen LogP contribution in [0.5, 0.6) is 0 Å². The van der Waals surface area contributed by atoms with E-state index in [-0.39, 0.29) is 24.8 Å². The molecular formula is C12H11F3O2. The van der Waals surface area contributed by atoms with Crippen LogP contribution in [0.15, 0.2) is 24.3 Å². The van der Waals surface area contributed by atoms with E-state index in [1.54, 1.807) is 0 Å². The van der Waals surface area contributed by atoms with Crippen molar-refractivity contribution in [2.45, 2.75) is 30.9 Å². The molecule has 0 saturated heterocycles. The lowest BCUT2D eigenvalue weighted by atomic mass is 9.94. The molecule has 0 atom stereocenters. The summed E-state index contributed by atoms with van der Waals surface area (Å²) >= 11 is 0. The predicted octanol–water partition coefficient (Wildman–Crippen LogP) is 2.91. The Labute approximate surface area is 96.1 Å². The van der Waals surface area contributed by atoms with E-state index >= 15 is 0 Å². The Bertz CT molecular complexity index is 430. The summed E-state index contributed by atoms with van der Waals surface area (Å²) in [7, 11) is 0. The van der Waals surface area contributed by atoms with Crippen LogP contribution in [0.3, 0.4) is 0 Å². The fourth-order valence-corrected chi connectivity index (χ4v) is 1.98. The molecule has 2 nitrogen and oxygen atoms in total. The summed E-state index contributed by atoms with van der Waals surface area (Å²) in [5, 5.41) is 8.56. The Morgan fingerprint density at radius 2 is 1.76 bits per heavy atom. The zero-order valence-electron chi connectivity index (χ0n) is 8.92. The van der Waals surface area contributed by atoms with Gasteiger partial charge >= 0.3 is 12.1 Å². The van der Waals surface area contributed by atoms with Crippen molar-refractivity contribution >= 4 is 5.97 Å². The Hall–Kier alpha value is -1.52. The number of alkyl halides is 3. The van der Waals surface area contributed by atoms with Gasteiger partial charge in [-0.2, -0.15) is 13.2 Å². The van der Waals surface area contributed by atoms with Gasteiger partial charge in [-0.05, 0) is 24.0 Å². The van der Waals surface area contributed by atoms with E-state index in [9.17, 15) is 18.0 Å². The van der Waals surface area contributed by atoms with Gasteiger partial charge in [0.15, 0.2) is 0 Å². The summed E-state index contributed by atoms with van der Waals surface area (Å²) in [5.74, 6) is -0.991. The van der Waals surface area contributed by atoms with Gasteiger partial charge in [0.1, 0.15) is 0 Å². The first kappa shape index (κ1) is 12.0. The highest BCUT2D eigenvalue weighted by atomic mass is 19.4. The lowest BCUT2D eigenvalue weighted by Crippen LogP contribution is -2.28. The Kier molecular flexibility index (Phi) is 2.64. The summed E-state index contributed by atoms with van der Waals surface area (Å²) in [6, 6.07) is 5.68. The zero-order chi connectivity index (χ0) is 12.7. The van der Waals surface area contributed by atoms with Gasteiger partial charge in [0, 0.05) is 0 Å². The van der Waals surface area contributed by atoms with Gasteiger partial charge in [-0.3, -0.25) is 4.79 Å². The van der Waals surface area contributed by atoms with Crippen molar-refractivity contribution in [2.24, 2.45) is 0 Å². The summed E-state index contributed by atoms with van der Waals surface area (Å²) < 4.78 is 38.4. The molecule has 0 heterocycles. The molecule has 5 heteroatoms. The molecule has 0 aliphatic heterocycles. The summed E-state index contributed by atoms with van der Waals surface area (Å²) in [6.07, 6.45) is -4.15. The van der Waals surface area contributed by atoms with Crippen LogP contribution in [0.4, 0.5) is 13.2 Å². The molecule has 17 heavy (non-hydrogen) atoms. The molecule has 0 radical (unpaired) electrons. The van der Waals surface area contributed by atoms with E-state index in [2.05, 4.69) is 0 Å². The Morgan fingerprint density at radius 3 is 2.12 bits per heavy atom. The molecule has 0 unspecified atom stereocenters. The van der Waals surface area contributed by atoms with Gasteiger partial charge in [0.25, 0.3) is 0 Å². The first-order valence-electron chi connectivity index (χ1n) is 5.23. The van der Waals surface area contributed by atoms with Crippen molar-refractivity contribution in [3.05, 3.63) is 35.4 Å². The van der Waals surface area contributed by atoms with E-state index in [1.807, 2.05) is 0 Å². The van der Waals surface area contributed by atoms with Crippen LogP contribution in [0.2, 0.25) is 0 Å². The Morgan fingerprint density at radius 1 is 1.24 bits per heavy atom. The topological polar surface area (TPSA) is 37.3 Å². The molecule has 0 amide bonds. The van der Waals surface area contributed by atoms with Crippen LogP contribution in [0, 0.1) is 0 Å². The highest BCUT2D eigenvalue weighted by Crippen LogP contribution is 2.58. The van der Waals surface area contributed by atoms with Crippen LogP contribution >= 0.6 is 0 Å². The number of hydrogen-bond donors (Lipinski definition) is 1. The molecule has 92 valence electrons. The third-order valence-corrected chi connectivity index (χ3v) is 3.15. The maximum absolute atomic E-state index is 12.8. The second-order valence-electron chi connectivity index (χ2n) is 4.35. The van der Waals surface area contributed by atoms with Crippen molar-refractivity contribution in [3.63, 3.8) is 0 Å². The molecule has 1 saturated carbocycles. The van der Waals surface area contributed by atoms with Crippen molar-refractivity contribution in [2.75, 3.05) is 0 Å². The van der Waals surface area contributed by atoms with Crippen molar-refractivity contribution in [1.82, 2.24) is 0 Å². The van der Waals surface area contributed by atoms with Crippen LogP contribution < -0.4 is 0 Å². The van der Waals surface area contributed by atoms with E-state index in [1.165, 1.54) is 24.3 Å². The number of halogens is 3. The highest BCUT2D eigenvalue weighted by Gasteiger charge is 2.64. The molecule has 0 spiro atoms. The van der Waals surface area contributed by atoms with E-state index in [4.69, 9.17) is 5.11 Å². The molecule has 0 bridgehead atoms. The molecule has 1 aromatic rings. The van der Waals surface area contributed by atoms with Crippen LogP contribution in [0.1, 0.15) is 24.0 Å². The average molecular weight is 244 g/mol. The van der Waals surface area contributed by atoms with Gasteiger partial charge < -0.3 is 5.11 Å². The minimum Gasteiger partial charge on any atom is -0.481 e. The van der Waals surface area contributed by atoms with Gasteiger partial charge in [-0.15, -0.1) is 0 Å². The first-order chi connectivity index (χ1) is 7.85. The number of carboxylic acids is 1. The van der Waals surface area contributed by atoms with Gasteiger partial charge in [-0.1, -0.05) is 24.3 Å². The lowest BCUT2D eigenvalue weighted by Gasteiger charge is -2.19. The van der Waals surface area contributed by atoms with Crippen LogP contribution in [-0.2, 0) is 16.6 Å². The molecule has 0 aromatic heterocycles. The van der Waals surface area contributed by atoms with Crippen molar-refractivity contribution in [3.8, 4) is 0 Å². The maximum Gasteiger partial charge on any atom is 0.398 e. The predicted molar refractivity (Wildman–Crippen MR) is 54.7 cm³/mol. The van der Waals surface area contributed by atoms with E-state index in [0.29, 0.717) is 5.56 Å². The summed E-state index contributed by atoms with van der Waals surface area (Å²) in [5.41, 5.74) is -0.937.